The van der Waals surface area contributed by atoms with Crippen molar-refractivity contribution in [3.63, 3.8) is 0 Å². The van der Waals surface area contributed by atoms with E-state index in [9.17, 15) is 22.4 Å². The lowest BCUT2D eigenvalue weighted by molar-refractivity contribution is -0.137. The number of nitrogens with zero attached hydrogens (tertiary/aromatic N) is 2. The molecule has 0 radical (unpaired) electrons. The minimum atomic E-state index is -4.72. The molecule has 8 heteroatoms. The molecule has 4 nitrogen and oxygen atoms in total. The third kappa shape index (κ3) is 7.58. The average molecular weight is 510 g/mol. The number of carbonyl (C=O) groups is 1. The molecule has 4 rings (SSSR count). The van der Waals surface area contributed by atoms with Gasteiger partial charge in [-0.1, -0.05) is 54.6 Å². The van der Waals surface area contributed by atoms with Crippen LogP contribution >= 0.6 is 0 Å². The quantitative estimate of drug-likeness (QED) is 0.362. The van der Waals surface area contributed by atoms with Crippen LogP contribution in [0.25, 0.3) is 6.08 Å². The summed E-state index contributed by atoms with van der Waals surface area (Å²) in [6.07, 6.45) is 0.749. The predicted octanol–water partition coefficient (Wildman–Crippen LogP) is 6.66. The minimum absolute atomic E-state index is 0.117. The van der Waals surface area contributed by atoms with Crippen LogP contribution in [0.2, 0.25) is 0 Å². The Bertz CT molecular complexity index is 1190. The van der Waals surface area contributed by atoms with E-state index in [1.54, 1.807) is 11.0 Å². The van der Waals surface area contributed by atoms with Crippen molar-refractivity contribution >= 4 is 17.8 Å². The minimum Gasteiger partial charge on any atom is -0.317 e. The fraction of sp³-hybridized carbons (Fsp3) is 0.276. The molecule has 1 fully saturated rings. The largest absolute Gasteiger partial charge is 0.416 e. The van der Waals surface area contributed by atoms with Crippen LogP contribution in [0.4, 0.5) is 28.0 Å². The van der Waals surface area contributed by atoms with Crippen molar-refractivity contribution in [3.05, 3.63) is 107 Å². The zero-order chi connectivity index (χ0) is 26.3. The highest BCUT2D eigenvalue weighted by atomic mass is 19.4. The summed E-state index contributed by atoms with van der Waals surface area (Å²) in [6, 6.07) is 22.4. The van der Waals surface area contributed by atoms with Gasteiger partial charge in [0.2, 0.25) is 0 Å². The SMILES string of the molecule is O=C(Nc1cc(F)cc(C(F)(F)F)c1)N(Cc1ccccc1)C1CCN(C/C=C/c2c#cccc2)CC1. The van der Waals surface area contributed by atoms with Crippen LogP contribution in [-0.4, -0.2) is 41.5 Å². The Morgan fingerprint density at radius 2 is 1.84 bits per heavy atom. The molecule has 0 aliphatic carbocycles. The summed E-state index contributed by atoms with van der Waals surface area (Å²) < 4.78 is 53.3. The molecular weight excluding hydrogens is 482 g/mol. The number of hydrogen-bond donors (Lipinski definition) is 1. The van der Waals surface area contributed by atoms with Gasteiger partial charge in [0.05, 0.1) is 5.56 Å². The average Bonchev–Trinajstić information content (AvgIpc) is 2.88. The second kappa shape index (κ2) is 11.9. The number of piperidine rings is 1. The summed E-state index contributed by atoms with van der Waals surface area (Å²) in [7, 11) is 0. The second-order valence-electron chi connectivity index (χ2n) is 8.95. The number of hydrogen-bond acceptors (Lipinski definition) is 2. The topological polar surface area (TPSA) is 35.6 Å². The van der Waals surface area contributed by atoms with Crippen LogP contribution < -0.4 is 5.32 Å². The molecule has 0 spiro atoms. The first-order valence-corrected chi connectivity index (χ1v) is 12.0. The Labute approximate surface area is 214 Å². The van der Waals surface area contributed by atoms with Crippen LogP contribution in [0.3, 0.4) is 0 Å². The highest BCUT2D eigenvalue weighted by Crippen LogP contribution is 2.32. The number of anilines is 1. The molecule has 0 saturated carbocycles. The number of urea groups is 1. The Morgan fingerprint density at radius 1 is 1.08 bits per heavy atom. The van der Waals surface area contributed by atoms with Gasteiger partial charge in [-0.25, -0.2) is 9.18 Å². The van der Waals surface area contributed by atoms with E-state index in [1.165, 1.54) is 0 Å². The summed E-state index contributed by atoms with van der Waals surface area (Å²) in [5.41, 5.74) is 0.473. The molecule has 0 bridgehead atoms. The fourth-order valence-corrected chi connectivity index (χ4v) is 4.37. The lowest BCUT2D eigenvalue weighted by Crippen LogP contribution is -2.48. The van der Waals surface area contributed by atoms with Crippen LogP contribution in [-0.2, 0) is 12.7 Å². The highest BCUT2D eigenvalue weighted by molar-refractivity contribution is 5.89. The molecule has 0 atom stereocenters. The van der Waals surface area contributed by atoms with E-state index >= 15 is 0 Å². The number of benzene rings is 2. The third-order valence-corrected chi connectivity index (χ3v) is 6.26. The summed E-state index contributed by atoms with van der Waals surface area (Å²) in [4.78, 5) is 17.2. The molecule has 0 unspecified atom stereocenters. The maximum absolute atomic E-state index is 13.9. The summed E-state index contributed by atoms with van der Waals surface area (Å²) in [5.74, 6) is -1.06. The molecule has 1 N–H and O–H groups in total. The van der Waals surface area contributed by atoms with Gasteiger partial charge in [-0.15, -0.1) is 0 Å². The second-order valence-corrected chi connectivity index (χ2v) is 8.95. The zero-order valence-corrected chi connectivity index (χ0v) is 20.1. The molecule has 1 heterocycles. The first-order chi connectivity index (χ1) is 17.8. The van der Waals surface area contributed by atoms with Gasteiger partial charge < -0.3 is 10.2 Å². The van der Waals surface area contributed by atoms with Crippen molar-refractivity contribution in [1.82, 2.24) is 9.80 Å². The van der Waals surface area contributed by atoms with Gasteiger partial charge in [0, 0.05) is 43.5 Å². The van der Waals surface area contributed by atoms with E-state index in [0.29, 0.717) is 25.5 Å². The van der Waals surface area contributed by atoms with Crippen molar-refractivity contribution in [3.8, 4) is 0 Å². The predicted molar refractivity (Wildman–Crippen MR) is 135 cm³/mol. The van der Waals surface area contributed by atoms with Gasteiger partial charge in [-0.05, 0) is 54.8 Å². The van der Waals surface area contributed by atoms with Gasteiger partial charge in [0.25, 0.3) is 0 Å². The zero-order valence-electron chi connectivity index (χ0n) is 20.1. The maximum Gasteiger partial charge on any atom is 0.416 e. The Morgan fingerprint density at radius 3 is 2.51 bits per heavy atom. The van der Waals surface area contributed by atoms with Crippen LogP contribution in [0.5, 0.6) is 0 Å². The number of nitrogens with one attached hydrogen (secondary N) is 1. The molecule has 3 aromatic rings. The molecule has 3 aromatic carbocycles. The lowest BCUT2D eigenvalue weighted by Gasteiger charge is -2.38. The maximum atomic E-state index is 13.9. The fourth-order valence-electron chi connectivity index (χ4n) is 4.37. The van der Waals surface area contributed by atoms with E-state index in [1.807, 2.05) is 48.5 Å². The molecule has 1 saturated heterocycles. The molecule has 0 aromatic heterocycles. The van der Waals surface area contributed by atoms with E-state index in [4.69, 9.17) is 0 Å². The third-order valence-electron chi connectivity index (χ3n) is 6.26. The standard InChI is InChI=1S/C29H27F4N3O/c30-25-18-24(29(31,32)33)19-26(20-25)34-28(37)36(21-23-10-5-2-6-11-23)27-13-16-35(17-14-27)15-7-12-22-8-3-1-4-9-22/h1-3,5-8,10-12,18-20,27H,13-17,21H2,(H,34,37)/b12-7+. The number of amides is 2. The van der Waals surface area contributed by atoms with Crippen molar-refractivity contribution < 1.29 is 22.4 Å². The Balaban J connectivity index is 1.43. The number of halogens is 4. The van der Waals surface area contributed by atoms with Gasteiger partial charge in [0.15, 0.2) is 0 Å². The van der Waals surface area contributed by atoms with Gasteiger partial charge in [0.1, 0.15) is 5.82 Å². The molecule has 1 aliphatic heterocycles. The van der Waals surface area contributed by atoms with E-state index in [0.717, 1.165) is 42.9 Å². The first-order valence-electron chi connectivity index (χ1n) is 12.0. The molecule has 37 heavy (non-hydrogen) atoms. The Kier molecular flexibility index (Phi) is 8.47. The summed E-state index contributed by atoms with van der Waals surface area (Å²) in [6.45, 7) is 2.57. The van der Waals surface area contributed by atoms with Crippen LogP contribution in [0, 0.1) is 17.9 Å². The number of rotatable bonds is 7. The van der Waals surface area contributed by atoms with Crippen molar-refractivity contribution in [2.24, 2.45) is 0 Å². The summed E-state index contributed by atoms with van der Waals surface area (Å²) in [5, 5.41) is 2.49. The summed E-state index contributed by atoms with van der Waals surface area (Å²) >= 11 is 0. The number of likely N-dealkylation sites (tertiary alicyclic amines) is 1. The van der Waals surface area contributed by atoms with Crippen LogP contribution in [0.15, 0.2) is 72.8 Å². The van der Waals surface area contributed by atoms with Crippen molar-refractivity contribution in [2.75, 3.05) is 25.0 Å². The molecule has 1 aliphatic rings. The highest BCUT2D eigenvalue weighted by Gasteiger charge is 2.32. The lowest BCUT2D eigenvalue weighted by atomic mass is 10.0. The van der Waals surface area contributed by atoms with Gasteiger partial charge in [-0.3, -0.25) is 4.90 Å². The number of carbonyl (C=O) groups excluding carboxylic acids is 1. The Hall–Kier alpha value is -3.83. The monoisotopic (exact) mass is 509 g/mol. The van der Waals surface area contributed by atoms with E-state index in [-0.39, 0.29) is 11.7 Å². The van der Waals surface area contributed by atoms with E-state index in [2.05, 4.69) is 28.4 Å². The molecular formula is C29H27F4N3O. The molecule has 192 valence electrons. The molecule has 2 amide bonds. The first kappa shape index (κ1) is 26.2. The van der Waals surface area contributed by atoms with Crippen molar-refractivity contribution in [2.45, 2.75) is 31.6 Å². The van der Waals surface area contributed by atoms with Crippen molar-refractivity contribution in [1.29, 1.82) is 0 Å². The smallest absolute Gasteiger partial charge is 0.317 e. The van der Waals surface area contributed by atoms with Gasteiger partial charge in [-0.2, -0.15) is 13.2 Å². The number of alkyl halides is 3. The van der Waals surface area contributed by atoms with E-state index < -0.39 is 23.6 Å². The normalized spacial score (nSPS) is 14.9. The van der Waals surface area contributed by atoms with Crippen LogP contribution in [0.1, 0.15) is 29.5 Å². The van der Waals surface area contributed by atoms with Gasteiger partial charge >= 0.3 is 12.2 Å².